The van der Waals surface area contributed by atoms with Crippen molar-refractivity contribution in [3.8, 4) is 0 Å². The van der Waals surface area contributed by atoms with Gasteiger partial charge < -0.3 is 9.84 Å². The highest BCUT2D eigenvalue weighted by Gasteiger charge is 2.19. The topological polar surface area (TPSA) is 29.5 Å². The van der Waals surface area contributed by atoms with Crippen molar-refractivity contribution in [1.82, 2.24) is 0 Å². The number of ether oxygens (including phenoxy) is 1. The van der Waals surface area contributed by atoms with Gasteiger partial charge in [0.25, 0.3) is 0 Å². The number of benzene rings is 1. The van der Waals surface area contributed by atoms with Crippen LogP contribution in [0.5, 0.6) is 0 Å². The standard InChI is InChI=1S/C12H12ClIO2/c13-8-4-5-10(14)9(7-8)12(15)11-3-1-2-6-16-11/h3-5,7,12,15H,1-2,6H2. The number of hydrogen-bond donors (Lipinski definition) is 1. The second-order valence-electron chi connectivity index (χ2n) is 3.67. The van der Waals surface area contributed by atoms with Gasteiger partial charge in [-0.1, -0.05) is 11.6 Å². The maximum absolute atomic E-state index is 10.2. The first kappa shape index (κ1) is 12.2. The summed E-state index contributed by atoms with van der Waals surface area (Å²) in [5, 5.41) is 10.8. The lowest BCUT2D eigenvalue weighted by Gasteiger charge is -2.21. The van der Waals surface area contributed by atoms with Crippen LogP contribution < -0.4 is 0 Å². The zero-order valence-electron chi connectivity index (χ0n) is 8.62. The number of rotatable bonds is 2. The van der Waals surface area contributed by atoms with E-state index in [1.807, 2.05) is 18.2 Å². The highest BCUT2D eigenvalue weighted by Crippen LogP contribution is 2.30. The minimum absolute atomic E-state index is 0.630. The molecule has 1 aromatic rings. The zero-order chi connectivity index (χ0) is 11.5. The lowest BCUT2D eigenvalue weighted by atomic mass is 10.1. The highest BCUT2D eigenvalue weighted by molar-refractivity contribution is 14.1. The number of hydrogen-bond acceptors (Lipinski definition) is 2. The summed E-state index contributed by atoms with van der Waals surface area (Å²) >= 11 is 8.11. The van der Waals surface area contributed by atoms with Crippen molar-refractivity contribution >= 4 is 34.2 Å². The van der Waals surface area contributed by atoms with E-state index in [4.69, 9.17) is 16.3 Å². The maximum Gasteiger partial charge on any atom is 0.137 e. The SMILES string of the molecule is OC(C1=CCCCO1)c1cc(Cl)ccc1I. The van der Waals surface area contributed by atoms with E-state index >= 15 is 0 Å². The third-order valence-corrected chi connectivity index (χ3v) is 3.70. The van der Waals surface area contributed by atoms with Crippen molar-refractivity contribution in [3.05, 3.63) is 44.2 Å². The molecule has 86 valence electrons. The summed E-state index contributed by atoms with van der Waals surface area (Å²) in [6.45, 7) is 0.681. The second-order valence-corrected chi connectivity index (χ2v) is 5.26. The van der Waals surface area contributed by atoms with E-state index in [1.54, 1.807) is 6.07 Å². The van der Waals surface area contributed by atoms with Gasteiger partial charge >= 0.3 is 0 Å². The third kappa shape index (κ3) is 2.70. The molecule has 0 radical (unpaired) electrons. The van der Waals surface area contributed by atoms with Gasteiger partial charge in [-0.15, -0.1) is 0 Å². The maximum atomic E-state index is 10.2. The van der Waals surface area contributed by atoms with Crippen LogP contribution in [0.4, 0.5) is 0 Å². The molecule has 0 aliphatic carbocycles. The van der Waals surface area contributed by atoms with Crippen LogP contribution in [0.2, 0.25) is 5.02 Å². The summed E-state index contributed by atoms with van der Waals surface area (Å²) in [5.74, 6) is 0.645. The van der Waals surface area contributed by atoms with E-state index in [0.29, 0.717) is 17.4 Å². The summed E-state index contributed by atoms with van der Waals surface area (Å²) < 4.78 is 6.44. The molecule has 2 nitrogen and oxygen atoms in total. The van der Waals surface area contributed by atoms with E-state index < -0.39 is 6.10 Å². The lowest BCUT2D eigenvalue weighted by Crippen LogP contribution is -2.10. The minimum Gasteiger partial charge on any atom is -0.495 e. The Bertz CT molecular complexity index is 417. The Morgan fingerprint density at radius 3 is 2.94 bits per heavy atom. The molecule has 16 heavy (non-hydrogen) atoms. The van der Waals surface area contributed by atoms with Crippen LogP contribution in [-0.4, -0.2) is 11.7 Å². The predicted octanol–water partition coefficient (Wildman–Crippen LogP) is 3.67. The van der Waals surface area contributed by atoms with Crippen molar-refractivity contribution in [2.45, 2.75) is 18.9 Å². The van der Waals surface area contributed by atoms with Crippen molar-refractivity contribution in [2.24, 2.45) is 0 Å². The van der Waals surface area contributed by atoms with Crippen LogP contribution in [0, 0.1) is 3.57 Å². The molecule has 2 rings (SSSR count). The van der Waals surface area contributed by atoms with Crippen molar-refractivity contribution in [2.75, 3.05) is 6.61 Å². The molecule has 0 fully saturated rings. The van der Waals surface area contributed by atoms with Gasteiger partial charge in [0, 0.05) is 14.2 Å². The molecular formula is C12H12ClIO2. The first-order chi connectivity index (χ1) is 7.68. The first-order valence-electron chi connectivity index (χ1n) is 5.14. The van der Waals surface area contributed by atoms with Gasteiger partial charge in [-0.25, -0.2) is 0 Å². The number of aliphatic hydroxyl groups is 1. The van der Waals surface area contributed by atoms with E-state index in [0.717, 1.165) is 22.0 Å². The third-order valence-electron chi connectivity index (χ3n) is 2.48. The molecular weight excluding hydrogens is 338 g/mol. The number of halogens is 2. The number of aliphatic hydroxyl groups excluding tert-OH is 1. The molecule has 0 saturated carbocycles. The van der Waals surface area contributed by atoms with Crippen LogP contribution in [0.3, 0.4) is 0 Å². The smallest absolute Gasteiger partial charge is 0.137 e. The fourth-order valence-electron chi connectivity index (χ4n) is 1.64. The van der Waals surface area contributed by atoms with Gasteiger partial charge in [0.15, 0.2) is 0 Å². The molecule has 0 aromatic heterocycles. The molecule has 0 amide bonds. The fourth-order valence-corrected chi connectivity index (χ4v) is 2.46. The monoisotopic (exact) mass is 350 g/mol. The van der Waals surface area contributed by atoms with E-state index in [2.05, 4.69) is 22.6 Å². The van der Waals surface area contributed by atoms with Gasteiger partial charge in [0.05, 0.1) is 6.61 Å². The van der Waals surface area contributed by atoms with E-state index in [-0.39, 0.29) is 0 Å². The Morgan fingerprint density at radius 1 is 1.44 bits per heavy atom. The molecule has 0 spiro atoms. The van der Waals surface area contributed by atoms with Crippen LogP contribution in [-0.2, 0) is 4.74 Å². The lowest BCUT2D eigenvalue weighted by molar-refractivity contribution is 0.0914. The average Bonchev–Trinajstić information content (AvgIpc) is 2.32. The molecule has 4 heteroatoms. The Kier molecular flexibility index (Phi) is 4.10. The molecule has 1 unspecified atom stereocenters. The van der Waals surface area contributed by atoms with Crippen LogP contribution in [0.15, 0.2) is 30.0 Å². The van der Waals surface area contributed by atoms with Crippen molar-refractivity contribution in [3.63, 3.8) is 0 Å². The largest absolute Gasteiger partial charge is 0.495 e. The quantitative estimate of drug-likeness (QED) is 0.825. The summed E-state index contributed by atoms with van der Waals surface area (Å²) in [7, 11) is 0. The molecule has 1 atom stereocenters. The van der Waals surface area contributed by atoms with Crippen molar-refractivity contribution in [1.29, 1.82) is 0 Å². The van der Waals surface area contributed by atoms with E-state index in [1.165, 1.54) is 0 Å². The molecule has 1 aromatic carbocycles. The Balaban J connectivity index is 2.29. The molecule has 0 bridgehead atoms. The summed E-state index contributed by atoms with van der Waals surface area (Å²) in [4.78, 5) is 0. The van der Waals surface area contributed by atoms with Gasteiger partial charge in [0.2, 0.25) is 0 Å². The predicted molar refractivity (Wildman–Crippen MR) is 72.4 cm³/mol. The van der Waals surface area contributed by atoms with E-state index in [9.17, 15) is 5.11 Å². The average molecular weight is 351 g/mol. The second kappa shape index (κ2) is 5.38. The van der Waals surface area contributed by atoms with Gasteiger partial charge in [-0.3, -0.25) is 0 Å². The summed E-state index contributed by atoms with van der Waals surface area (Å²) in [6, 6.07) is 5.49. The summed E-state index contributed by atoms with van der Waals surface area (Å²) in [5.41, 5.74) is 0.807. The molecule has 1 aliphatic heterocycles. The Labute approximate surface area is 113 Å². The Morgan fingerprint density at radius 2 is 2.25 bits per heavy atom. The highest BCUT2D eigenvalue weighted by atomic mass is 127. The number of allylic oxidation sites excluding steroid dienone is 1. The molecule has 0 saturated heterocycles. The van der Waals surface area contributed by atoms with Crippen LogP contribution in [0.25, 0.3) is 0 Å². The fraction of sp³-hybridized carbons (Fsp3) is 0.333. The first-order valence-corrected chi connectivity index (χ1v) is 6.60. The molecule has 1 heterocycles. The molecule has 1 N–H and O–H groups in total. The molecule has 1 aliphatic rings. The summed E-state index contributed by atoms with van der Waals surface area (Å²) in [6.07, 6.45) is 3.23. The minimum atomic E-state index is -0.703. The van der Waals surface area contributed by atoms with Crippen LogP contribution in [0.1, 0.15) is 24.5 Å². The van der Waals surface area contributed by atoms with Gasteiger partial charge in [-0.05, 0) is 59.7 Å². The Hall–Kier alpha value is -0.260. The van der Waals surface area contributed by atoms with Crippen molar-refractivity contribution < 1.29 is 9.84 Å². The van der Waals surface area contributed by atoms with Gasteiger partial charge in [0.1, 0.15) is 11.9 Å². The van der Waals surface area contributed by atoms with Gasteiger partial charge in [-0.2, -0.15) is 0 Å². The van der Waals surface area contributed by atoms with Crippen LogP contribution >= 0.6 is 34.2 Å². The normalized spacial score (nSPS) is 17.6. The zero-order valence-corrected chi connectivity index (χ0v) is 11.5.